The topological polar surface area (TPSA) is 58.6 Å². The zero-order chi connectivity index (χ0) is 17.6. The number of fused-ring (bicyclic) bond motifs is 1. The van der Waals surface area contributed by atoms with Gasteiger partial charge in [-0.3, -0.25) is 9.59 Å². The SMILES string of the molecule is COCCN1C(=O)Cc2ccccc2[C@H]1C(=O)NCc1ccccc1. The Kier molecular flexibility index (Phi) is 5.46. The molecule has 0 saturated heterocycles. The van der Waals surface area contributed by atoms with Crippen molar-refractivity contribution in [2.45, 2.75) is 19.0 Å². The van der Waals surface area contributed by atoms with Crippen molar-refractivity contribution in [3.8, 4) is 0 Å². The molecular formula is C20H22N2O3. The van der Waals surface area contributed by atoms with Crippen LogP contribution in [0.4, 0.5) is 0 Å². The van der Waals surface area contributed by atoms with Gasteiger partial charge in [-0.15, -0.1) is 0 Å². The number of carbonyl (C=O) groups is 2. The van der Waals surface area contributed by atoms with Gasteiger partial charge in [0, 0.05) is 20.2 Å². The van der Waals surface area contributed by atoms with Gasteiger partial charge in [0.15, 0.2) is 0 Å². The third-order valence-corrected chi connectivity index (χ3v) is 4.42. The molecule has 1 N–H and O–H groups in total. The molecule has 1 heterocycles. The molecule has 0 aromatic heterocycles. The van der Waals surface area contributed by atoms with Crippen molar-refractivity contribution in [3.63, 3.8) is 0 Å². The van der Waals surface area contributed by atoms with E-state index in [2.05, 4.69) is 5.32 Å². The van der Waals surface area contributed by atoms with Gasteiger partial charge < -0.3 is 15.0 Å². The highest BCUT2D eigenvalue weighted by Gasteiger charge is 2.36. The van der Waals surface area contributed by atoms with Crippen molar-refractivity contribution in [1.29, 1.82) is 0 Å². The number of hydrogen-bond donors (Lipinski definition) is 1. The van der Waals surface area contributed by atoms with E-state index in [1.807, 2.05) is 54.6 Å². The van der Waals surface area contributed by atoms with E-state index in [0.717, 1.165) is 16.7 Å². The molecule has 1 atom stereocenters. The zero-order valence-electron chi connectivity index (χ0n) is 14.3. The molecule has 0 aliphatic carbocycles. The van der Waals surface area contributed by atoms with Gasteiger partial charge in [0.2, 0.25) is 11.8 Å². The van der Waals surface area contributed by atoms with Crippen LogP contribution in [0.2, 0.25) is 0 Å². The Labute approximate surface area is 147 Å². The Morgan fingerprint density at radius 2 is 1.88 bits per heavy atom. The molecule has 0 spiro atoms. The second-order valence-electron chi connectivity index (χ2n) is 6.06. The number of nitrogens with one attached hydrogen (secondary N) is 1. The third-order valence-electron chi connectivity index (χ3n) is 4.42. The molecule has 2 aromatic carbocycles. The van der Waals surface area contributed by atoms with Crippen LogP contribution in [0, 0.1) is 0 Å². The molecule has 1 aliphatic heterocycles. The van der Waals surface area contributed by atoms with Gasteiger partial charge >= 0.3 is 0 Å². The first kappa shape index (κ1) is 17.2. The van der Waals surface area contributed by atoms with E-state index in [1.54, 1.807) is 12.0 Å². The Morgan fingerprint density at radius 3 is 2.64 bits per heavy atom. The van der Waals surface area contributed by atoms with Gasteiger partial charge in [0.25, 0.3) is 0 Å². The van der Waals surface area contributed by atoms with E-state index in [0.29, 0.717) is 26.1 Å². The fraction of sp³-hybridized carbons (Fsp3) is 0.300. The highest BCUT2D eigenvalue weighted by atomic mass is 16.5. The monoisotopic (exact) mass is 338 g/mol. The number of hydrogen-bond acceptors (Lipinski definition) is 3. The lowest BCUT2D eigenvalue weighted by molar-refractivity contribution is -0.142. The van der Waals surface area contributed by atoms with E-state index in [9.17, 15) is 9.59 Å². The first-order valence-corrected chi connectivity index (χ1v) is 8.38. The van der Waals surface area contributed by atoms with Gasteiger partial charge in [-0.25, -0.2) is 0 Å². The van der Waals surface area contributed by atoms with E-state index in [-0.39, 0.29) is 11.8 Å². The van der Waals surface area contributed by atoms with Gasteiger partial charge in [0.05, 0.1) is 13.0 Å². The Hall–Kier alpha value is -2.66. The molecule has 0 fully saturated rings. The van der Waals surface area contributed by atoms with Crippen LogP contribution in [0.5, 0.6) is 0 Å². The second kappa shape index (κ2) is 7.94. The average molecular weight is 338 g/mol. The van der Waals surface area contributed by atoms with E-state index in [1.165, 1.54) is 0 Å². The molecule has 5 nitrogen and oxygen atoms in total. The van der Waals surface area contributed by atoms with E-state index in [4.69, 9.17) is 4.74 Å². The number of benzene rings is 2. The Balaban J connectivity index is 1.83. The van der Waals surface area contributed by atoms with Crippen LogP contribution >= 0.6 is 0 Å². The predicted molar refractivity (Wildman–Crippen MR) is 94.8 cm³/mol. The summed E-state index contributed by atoms with van der Waals surface area (Å²) in [6, 6.07) is 16.8. The van der Waals surface area contributed by atoms with Crippen molar-refractivity contribution in [2.24, 2.45) is 0 Å². The molecule has 0 unspecified atom stereocenters. The van der Waals surface area contributed by atoms with E-state index >= 15 is 0 Å². The van der Waals surface area contributed by atoms with Gasteiger partial charge in [-0.1, -0.05) is 54.6 Å². The molecule has 3 rings (SSSR count). The highest BCUT2D eigenvalue weighted by Crippen LogP contribution is 2.30. The number of methoxy groups -OCH3 is 1. The summed E-state index contributed by atoms with van der Waals surface area (Å²) in [6.45, 7) is 1.23. The summed E-state index contributed by atoms with van der Waals surface area (Å²) in [6.07, 6.45) is 0.322. The average Bonchev–Trinajstić information content (AvgIpc) is 2.65. The van der Waals surface area contributed by atoms with Crippen molar-refractivity contribution in [1.82, 2.24) is 10.2 Å². The van der Waals surface area contributed by atoms with Crippen molar-refractivity contribution in [2.75, 3.05) is 20.3 Å². The Bertz CT molecular complexity index is 746. The first-order chi connectivity index (χ1) is 12.2. The fourth-order valence-electron chi connectivity index (χ4n) is 3.15. The number of ether oxygens (including phenoxy) is 1. The van der Waals surface area contributed by atoms with Crippen LogP contribution < -0.4 is 5.32 Å². The molecular weight excluding hydrogens is 316 g/mol. The summed E-state index contributed by atoms with van der Waals surface area (Å²) >= 11 is 0. The van der Waals surface area contributed by atoms with Gasteiger partial charge in [-0.2, -0.15) is 0 Å². The summed E-state index contributed by atoms with van der Waals surface area (Å²) in [5, 5.41) is 2.96. The van der Waals surface area contributed by atoms with Crippen LogP contribution in [-0.4, -0.2) is 37.0 Å². The number of carbonyl (C=O) groups excluding carboxylic acids is 2. The normalized spacial score (nSPS) is 16.4. The van der Waals surface area contributed by atoms with Crippen LogP contribution in [-0.2, 0) is 27.3 Å². The predicted octanol–water partition coefficient (Wildman–Crippen LogP) is 2.08. The second-order valence-corrected chi connectivity index (χ2v) is 6.06. The van der Waals surface area contributed by atoms with Gasteiger partial charge in [0.1, 0.15) is 6.04 Å². The first-order valence-electron chi connectivity index (χ1n) is 8.38. The maximum absolute atomic E-state index is 12.9. The molecule has 25 heavy (non-hydrogen) atoms. The van der Waals surface area contributed by atoms with Crippen molar-refractivity contribution in [3.05, 3.63) is 71.3 Å². The summed E-state index contributed by atoms with van der Waals surface area (Å²) in [4.78, 5) is 27.1. The lowest BCUT2D eigenvalue weighted by Crippen LogP contribution is -2.48. The lowest BCUT2D eigenvalue weighted by atomic mass is 9.91. The van der Waals surface area contributed by atoms with Crippen molar-refractivity contribution < 1.29 is 14.3 Å². The van der Waals surface area contributed by atoms with Crippen LogP contribution in [0.1, 0.15) is 22.7 Å². The molecule has 2 amide bonds. The van der Waals surface area contributed by atoms with E-state index < -0.39 is 6.04 Å². The summed E-state index contributed by atoms with van der Waals surface area (Å²) < 4.78 is 5.11. The molecule has 0 saturated carbocycles. The molecule has 130 valence electrons. The van der Waals surface area contributed by atoms with Crippen molar-refractivity contribution >= 4 is 11.8 Å². The maximum Gasteiger partial charge on any atom is 0.247 e. The summed E-state index contributed by atoms with van der Waals surface area (Å²) in [5.74, 6) is -0.212. The molecule has 1 aliphatic rings. The molecule has 0 bridgehead atoms. The maximum atomic E-state index is 12.9. The molecule has 0 radical (unpaired) electrons. The lowest BCUT2D eigenvalue weighted by Gasteiger charge is -2.36. The summed E-state index contributed by atoms with van der Waals surface area (Å²) in [7, 11) is 1.59. The highest BCUT2D eigenvalue weighted by molar-refractivity contribution is 5.92. The third kappa shape index (κ3) is 3.88. The smallest absolute Gasteiger partial charge is 0.247 e. The minimum Gasteiger partial charge on any atom is -0.383 e. The van der Waals surface area contributed by atoms with Crippen LogP contribution in [0.15, 0.2) is 54.6 Å². The molecule has 2 aromatic rings. The minimum absolute atomic E-state index is 0.0457. The molecule has 5 heteroatoms. The number of rotatable bonds is 6. The van der Waals surface area contributed by atoms with Crippen LogP contribution in [0.3, 0.4) is 0 Å². The standard InChI is InChI=1S/C20H22N2O3/c1-25-12-11-22-18(23)13-16-9-5-6-10-17(16)19(22)20(24)21-14-15-7-3-2-4-8-15/h2-10,19H,11-14H2,1H3,(H,21,24)/t19-/m0/s1. The minimum atomic E-state index is -0.615. The largest absolute Gasteiger partial charge is 0.383 e. The summed E-state index contributed by atoms with van der Waals surface area (Å²) in [5.41, 5.74) is 2.83. The Morgan fingerprint density at radius 1 is 1.16 bits per heavy atom. The number of nitrogens with zero attached hydrogens (tertiary/aromatic N) is 1. The van der Waals surface area contributed by atoms with Gasteiger partial charge in [-0.05, 0) is 16.7 Å². The fourth-order valence-corrected chi connectivity index (χ4v) is 3.15. The zero-order valence-corrected chi connectivity index (χ0v) is 14.3. The number of amides is 2. The van der Waals surface area contributed by atoms with Crippen LogP contribution in [0.25, 0.3) is 0 Å². The quantitative estimate of drug-likeness (QED) is 0.877.